The number of alkyl halides is 3. The van der Waals surface area contributed by atoms with E-state index in [1.165, 1.54) is 0 Å². The summed E-state index contributed by atoms with van der Waals surface area (Å²) in [6.45, 7) is 0. The van der Waals surface area contributed by atoms with Crippen LogP contribution in [0.2, 0.25) is 0 Å². The van der Waals surface area contributed by atoms with Crippen molar-refractivity contribution in [2.75, 3.05) is 0 Å². The van der Waals surface area contributed by atoms with Gasteiger partial charge in [-0.25, -0.2) is 4.79 Å². The Labute approximate surface area is 86.5 Å². The molecule has 0 atom stereocenters. The van der Waals surface area contributed by atoms with Crippen molar-refractivity contribution in [3.8, 4) is 5.75 Å². The maximum Gasteiger partial charge on any atom is 0.446 e. The molecule has 1 aromatic rings. The molecule has 0 aliphatic rings. The monoisotopic (exact) mass is 237 g/mol. The second-order valence-corrected chi connectivity index (χ2v) is 3.59. The first-order valence-electron chi connectivity index (χ1n) is 3.60. The molecular weight excluding hydrogens is 233 g/mol. The van der Waals surface area contributed by atoms with E-state index < -0.39 is 39.4 Å². The lowest BCUT2D eigenvalue weighted by molar-refractivity contribution is -0.273. The summed E-state index contributed by atoms with van der Waals surface area (Å²) in [7, 11) is 0. The molecule has 3 nitrogen and oxygen atoms in total. The molecule has 1 aromatic carbocycles. The highest BCUT2D eigenvalue weighted by Crippen LogP contribution is 2.40. The average Bonchev–Trinajstić information content (AvgIpc) is 2.05. The van der Waals surface area contributed by atoms with Gasteiger partial charge in [0, 0.05) is 4.90 Å². The number of aromatic carboxylic acids is 1. The Kier molecular flexibility index (Phi) is 3.13. The average molecular weight is 237 g/mol. The van der Waals surface area contributed by atoms with E-state index >= 15 is 0 Å². The molecule has 0 spiro atoms. The molecule has 7 heteroatoms. The minimum Gasteiger partial charge on any atom is -0.871 e. The lowest BCUT2D eigenvalue weighted by Gasteiger charge is -2.16. The Hall–Kier alpha value is -1.37. The number of carboxylic acids is 1. The quantitative estimate of drug-likeness (QED) is 0.800. The zero-order valence-corrected chi connectivity index (χ0v) is 7.85. The first-order chi connectivity index (χ1) is 6.81. The molecule has 0 amide bonds. The highest BCUT2D eigenvalue weighted by molar-refractivity contribution is 8.00. The van der Waals surface area contributed by atoms with Gasteiger partial charge in [0.25, 0.3) is 0 Å². The molecule has 0 bridgehead atoms. The standard InChI is InChI=1S/C8H5F3O3S/c9-8(10,11)15-5-3-1-2-4(6(5)12)7(13)14/h1-3,12H,(H,13,14)/p-1. The number of halogens is 3. The van der Waals surface area contributed by atoms with Crippen molar-refractivity contribution in [1.82, 2.24) is 0 Å². The molecule has 0 fully saturated rings. The van der Waals surface area contributed by atoms with Crippen LogP contribution in [0.4, 0.5) is 13.2 Å². The summed E-state index contributed by atoms with van der Waals surface area (Å²) in [4.78, 5) is 9.81. The van der Waals surface area contributed by atoms with Crippen LogP contribution < -0.4 is 5.11 Å². The molecule has 1 rings (SSSR count). The molecule has 0 aliphatic heterocycles. The number of rotatable bonds is 2. The molecule has 0 saturated carbocycles. The normalized spacial score (nSPS) is 11.4. The lowest BCUT2D eigenvalue weighted by Crippen LogP contribution is -2.07. The van der Waals surface area contributed by atoms with Gasteiger partial charge in [-0.05, 0) is 23.9 Å². The maximum absolute atomic E-state index is 11.9. The minimum atomic E-state index is -4.60. The highest BCUT2D eigenvalue weighted by atomic mass is 32.2. The first-order valence-corrected chi connectivity index (χ1v) is 4.42. The van der Waals surface area contributed by atoms with Crippen LogP contribution in [-0.4, -0.2) is 16.6 Å². The van der Waals surface area contributed by atoms with Gasteiger partial charge in [-0.1, -0.05) is 11.8 Å². The van der Waals surface area contributed by atoms with Crippen molar-refractivity contribution in [3.05, 3.63) is 23.8 Å². The van der Waals surface area contributed by atoms with Crippen molar-refractivity contribution >= 4 is 17.7 Å². The Balaban J connectivity index is 3.10. The van der Waals surface area contributed by atoms with Crippen molar-refractivity contribution in [3.63, 3.8) is 0 Å². The van der Waals surface area contributed by atoms with Gasteiger partial charge in [-0.2, -0.15) is 13.2 Å². The Morgan fingerprint density at radius 2 is 2.00 bits per heavy atom. The molecular formula is C8H4F3O3S-. The lowest BCUT2D eigenvalue weighted by atomic mass is 10.2. The molecule has 0 radical (unpaired) electrons. The van der Waals surface area contributed by atoms with Crippen LogP contribution in [0, 0.1) is 0 Å². The van der Waals surface area contributed by atoms with Gasteiger partial charge in [-0.3, -0.25) is 0 Å². The third kappa shape index (κ3) is 3.05. The van der Waals surface area contributed by atoms with Crippen molar-refractivity contribution < 1.29 is 28.2 Å². The third-order valence-corrected chi connectivity index (χ3v) is 2.21. The van der Waals surface area contributed by atoms with E-state index in [9.17, 15) is 23.1 Å². The van der Waals surface area contributed by atoms with Crippen LogP contribution in [0.15, 0.2) is 23.1 Å². The van der Waals surface area contributed by atoms with Crippen LogP contribution in [0.3, 0.4) is 0 Å². The maximum atomic E-state index is 11.9. The van der Waals surface area contributed by atoms with Crippen LogP contribution in [-0.2, 0) is 0 Å². The minimum absolute atomic E-state index is 0.617. The number of para-hydroxylation sites is 1. The zero-order chi connectivity index (χ0) is 11.6. The number of carbonyl (C=O) groups is 1. The van der Waals surface area contributed by atoms with Crippen molar-refractivity contribution in [2.24, 2.45) is 0 Å². The summed E-state index contributed by atoms with van der Waals surface area (Å²) < 4.78 is 35.8. The summed E-state index contributed by atoms with van der Waals surface area (Å²) in [5, 5.41) is 19.7. The largest absolute Gasteiger partial charge is 0.871 e. The number of hydrogen-bond donors (Lipinski definition) is 1. The summed E-state index contributed by atoms with van der Waals surface area (Å²) >= 11 is -0.617. The SMILES string of the molecule is O=C(O)c1cccc(SC(F)(F)F)c1[O-]. The van der Waals surface area contributed by atoms with Gasteiger partial charge < -0.3 is 10.2 Å². The van der Waals surface area contributed by atoms with Gasteiger partial charge >= 0.3 is 11.5 Å². The van der Waals surface area contributed by atoms with Crippen molar-refractivity contribution in [2.45, 2.75) is 10.4 Å². The van der Waals surface area contributed by atoms with Crippen LogP contribution in [0.1, 0.15) is 10.4 Å². The molecule has 0 aliphatic carbocycles. The first kappa shape index (κ1) is 11.7. The van der Waals surface area contributed by atoms with Gasteiger partial charge in [0.2, 0.25) is 0 Å². The molecule has 0 heterocycles. The molecule has 1 N–H and O–H groups in total. The second-order valence-electron chi connectivity index (χ2n) is 2.49. The fraction of sp³-hybridized carbons (Fsp3) is 0.125. The van der Waals surface area contributed by atoms with E-state index in [-0.39, 0.29) is 0 Å². The van der Waals surface area contributed by atoms with Crippen LogP contribution >= 0.6 is 11.8 Å². The number of carboxylic acid groups (broad SMARTS) is 1. The highest BCUT2D eigenvalue weighted by Gasteiger charge is 2.29. The molecule has 15 heavy (non-hydrogen) atoms. The number of hydrogen-bond acceptors (Lipinski definition) is 3. The predicted octanol–water partition coefficient (Wildman–Crippen LogP) is 2.07. The van der Waals surface area contributed by atoms with E-state index in [0.717, 1.165) is 18.2 Å². The Bertz CT molecular complexity index is 389. The Morgan fingerprint density at radius 3 is 2.47 bits per heavy atom. The smallest absolute Gasteiger partial charge is 0.446 e. The van der Waals surface area contributed by atoms with Gasteiger partial charge in [0.1, 0.15) is 0 Å². The Morgan fingerprint density at radius 1 is 1.40 bits per heavy atom. The summed E-state index contributed by atoms with van der Waals surface area (Å²) in [5.41, 5.74) is -5.26. The van der Waals surface area contributed by atoms with E-state index in [4.69, 9.17) is 5.11 Å². The van der Waals surface area contributed by atoms with E-state index in [0.29, 0.717) is 0 Å². The fourth-order valence-corrected chi connectivity index (χ4v) is 1.49. The van der Waals surface area contributed by atoms with Crippen LogP contribution in [0.5, 0.6) is 5.75 Å². The van der Waals surface area contributed by atoms with Gasteiger partial charge in [-0.15, -0.1) is 0 Å². The van der Waals surface area contributed by atoms with E-state index in [1.54, 1.807) is 0 Å². The van der Waals surface area contributed by atoms with Gasteiger partial charge in [0.05, 0.1) is 5.56 Å². The number of benzene rings is 1. The fourth-order valence-electron chi connectivity index (χ4n) is 0.889. The second kappa shape index (κ2) is 4.01. The van der Waals surface area contributed by atoms with E-state index in [1.807, 2.05) is 0 Å². The molecule has 0 aromatic heterocycles. The predicted molar refractivity (Wildman–Crippen MR) is 44.8 cm³/mol. The van der Waals surface area contributed by atoms with Crippen LogP contribution in [0.25, 0.3) is 0 Å². The zero-order valence-electron chi connectivity index (χ0n) is 7.04. The molecule has 82 valence electrons. The molecule has 0 saturated heterocycles. The summed E-state index contributed by atoms with van der Waals surface area (Å²) in [5.74, 6) is -2.66. The van der Waals surface area contributed by atoms with Crippen molar-refractivity contribution in [1.29, 1.82) is 0 Å². The van der Waals surface area contributed by atoms with Gasteiger partial charge in [0.15, 0.2) is 0 Å². The van der Waals surface area contributed by atoms with E-state index in [2.05, 4.69) is 0 Å². The third-order valence-electron chi connectivity index (χ3n) is 1.44. The molecule has 0 unspecified atom stereocenters. The summed E-state index contributed by atoms with van der Waals surface area (Å²) in [6, 6.07) is 3.00. The summed E-state index contributed by atoms with van der Waals surface area (Å²) in [6.07, 6.45) is 0. The topological polar surface area (TPSA) is 60.4 Å². The number of thioether (sulfide) groups is 1.